The second-order valence-electron chi connectivity index (χ2n) is 5.01. The van der Waals surface area contributed by atoms with Crippen LogP contribution in [0.2, 0.25) is 0 Å². The third-order valence-electron chi connectivity index (χ3n) is 3.29. The zero-order valence-corrected chi connectivity index (χ0v) is 14.1. The Morgan fingerprint density at radius 1 is 1.26 bits per heavy atom. The zero-order chi connectivity index (χ0) is 16.2. The average molecular weight is 345 g/mol. The number of carbonyl (C=O) groups is 2. The molecule has 0 aliphatic carbocycles. The fourth-order valence-electron chi connectivity index (χ4n) is 2.11. The number of para-hydroxylation sites is 1. The molecular formula is C16H15N3O2S2. The zero-order valence-electron chi connectivity index (χ0n) is 12.5. The van der Waals surface area contributed by atoms with Crippen molar-refractivity contribution in [2.45, 2.75) is 13.3 Å². The Morgan fingerprint density at radius 3 is 2.87 bits per heavy atom. The van der Waals surface area contributed by atoms with E-state index in [-0.39, 0.29) is 18.2 Å². The second-order valence-corrected chi connectivity index (χ2v) is 6.82. The number of hydrogen-bond donors (Lipinski definition) is 2. The molecule has 5 nitrogen and oxygen atoms in total. The van der Waals surface area contributed by atoms with Gasteiger partial charge in [0.2, 0.25) is 5.91 Å². The standard InChI is InChI=1S/C16H15N3O2S2/c1-10-3-2-4-12-14(10)19-16(23-12)18-13(20)5-7-17-15(21)11-6-8-22-9-11/h2-4,6,8-9H,5,7H2,1H3,(H,17,21)(H,18,19,20). The van der Waals surface area contributed by atoms with Crippen molar-refractivity contribution in [2.24, 2.45) is 0 Å². The molecule has 0 saturated heterocycles. The highest BCUT2D eigenvalue weighted by Crippen LogP contribution is 2.27. The third kappa shape index (κ3) is 3.75. The van der Waals surface area contributed by atoms with Gasteiger partial charge in [-0.1, -0.05) is 23.5 Å². The Labute approximate surface area is 141 Å². The highest BCUT2D eigenvalue weighted by molar-refractivity contribution is 7.22. The van der Waals surface area contributed by atoms with Gasteiger partial charge in [0, 0.05) is 23.9 Å². The molecule has 0 aliphatic rings. The summed E-state index contributed by atoms with van der Waals surface area (Å²) in [6.45, 7) is 2.29. The van der Waals surface area contributed by atoms with E-state index in [1.807, 2.05) is 30.5 Å². The lowest BCUT2D eigenvalue weighted by Crippen LogP contribution is -2.27. The van der Waals surface area contributed by atoms with Gasteiger partial charge in [-0.15, -0.1) is 0 Å². The number of rotatable bonds is 5. The smallest absolute Gasteiger partial charge is 0.252 e. The Hall–Kier alpha value is -2.25. The van der Waals surface area contributed by atoms with Crippen LogP contribution in [0.25, 0.3) is 10.2 Å². The summed E-state index contributed by atoms with van der Waals surface area (Å²) in [6, 6.07) is 7.70. The summed E-state index contributed by atoms with van der Waals surface area (Å²) < 4.78 is 1.05. The van der Waals surface area contributed by atoms with Crippen LogP contribution in [0.5, 0.6) is 0 Å². The van der Waals surface area contributed by atoms with Gasteiger partial charge < -0.3 is 10.6 Å². The molecular weight excluding hydrogens is 330 g/mol. The molecule has 3 rings (SSSR count). The molecule has 0 unspecified atom stereocenters. The lowest BCUT2D eigenvalue weighted by molar-refractivity contribution is -0.116. The summed E-state index contributed by atoms with van der Waals surface area (Å²) in [6.07, 6.45) is 0.213. The van der Waals surface area contributed by atoms with E-state index in [4.69, 9.17) is 0 Å². The van der Waals surface area contributed by atoms with Crippen molar-refractivity contribution < 1.29 is 9.59 Å². The molecule has 1 aromatic carbocycles. The van der Waals surface area contributed by atoms with E-state index in [0.717, 1.165) is 15.8 Å². The summed E-state index contributed by atoms with van der Waals surface area (Å²) in [4.78, 5) is 28.1. The molecule has 2 heterocycles. The molecule has 2 N–H and O–H groups in total. The van der Waals surface area contributed by atoms with E-state index >= 15 is 0 Å². The van der Waals surface area contributed by atoms with Gasteiger partial charge in [-0.3, -0.25) is 9.59 Å². The first-order valence-corrected chi connectivity index (χ1v) is 8.86. The Bertz CT molecular complexity index is 840. The van der Waals surface area contributed by atoms with Crippen LogP contribution >= 0.6 is 22.7 Å². The highest BCUT2D eigenvalue weighted by atomic mass is 32.1. The number of aromatic nitrogens is 1. The molecule has 0 bridgehead atoms. The van der Waals surface area contributed by atoms with Crippen molar-refractivity contribution in [2.75, 3.05) is 11.9 Å². The minimum absolute atomic E-state index is 0.158. The number of carbonyl (C=O) groups excluding carboxylic acids is 2. The maximum Gasteiger partial charge on any atom is 0.252 e. The average Bonchev–Trinajstić information content (AvgIpc) is 3.16. The molecule has 0 aliphatic heterocycles. The number of anilines is 1. The van der Waals surface area contributed by atoms with Gasteiger partial charge in [-0.25, -0.2) is 4.98 Å². The summed E-state index contributed by atoms with van der Waals surface area (Å²) >= 11 is 2.91. The topological polar surface area (TPSA) is 71.1 Å². The van der Waals surface area contributed by atoms with E-state index < -0.39 is 0 Å². The number of fused-ring (bicyclic) bond motifs is 1. The quantitative estimate of drug-likeness (QED) is 0.744. The molecule has 0 spiro atoms. The van der Waals surface area contributed by atoms with Crippen LogP contribution in [0.4, 0.5) is 5.13 Å². The van der Waals surface area contributed by atoms with E-state index in [0.29, 0.717) is 17.2 Å². The number of aryl methyl sites for hydroxylation is 1. The van der Waals surface area contributed by atoms with Crippen molar-refractivity contribution in [1.82, 2.24) is 10.3 Å². The molecule has 0 radical (unpaired) electrons. The molecule has 2 aromatic heterocycles. The van der Waals surface area contributed by atoms with E-state index in [2.05, 4.69) is 15.6 Å². The van der Waals surface area contributed by atoms with Crippen LogP contribution in [0.3, 0.4) is 0 Å². The summed E-state index contributed by atoms with van der Waals surface area (Å²) in [5.74, 6) is -0.318. The first kappa shape index (κ1) is 15.6. The molecule has 118 valence electrons. The fourth-order valence-corrected chi connectivity index (χ4v) is 3.70. The van der Waals surface area contributed by atoms with Crippen molar-refractivity contribution in [3.05, 3.63) is 46.2 Å². The monoisotopic (exact) mass is 345 g/mol. The predicted molar refractivity (Wildman–Crippen MR) is 94.3 cm³/mol. The molecule has 7 heteroatoms. The van der Waals surface area contributed by atoms with Gasteiger partial charge in [-0.2, -0.15) is 11.3 Å². The van der Waals surface area contributed by atoms with Crippen molar-refractivity contribution in [1.29, 1.82) is 0 Å². The van der Waals surface area contributed by atoms with Crippen LogP contribution in [-0.4, -0.2) is 23.3 Å². The summed E-state index contributed by atoms with van der Waals surface area (Å²) in [5, 5.41) is 9.72. The van der Waals surface area contributed by atoms with Crippen molar-refractivity contribution in [3.8, 4) is 0 Å². The number of nitrogens with one attached hydrogen (secondary N) is 2. The Morgan fingerprint density at radius 2 is 2.13 bits per heavy atom. The van der Waals surface area contributed by atoms with Crippen LogP contribution in [-0.2, 0) is 4.79 Å². The van der Waals surface area contributed by atoms with Crippen LogP contribution in [0, 0.1) is 6.92 Å². The normalized spacial score (nSPS) is 10.7. The SMILES string of the molecule is Cc1cccc2sc(NC(=O)CCNC(=O)c3ccsc3)nc12. The van der Waals surface area contributed by atoms with E-state index in [9.17, 15) is 9.59 Å². The first-order chi connectivity index (χ1) is 11.1. The van der Waals surface area contributed by atoms with Crippen molar-refractivity contribution in [3.63, 3.8) is 0 Å². The van der Waals surface area contributed by atoms with Crippen LogP contribution in [0.15, 0.2) is 35.0 Å². The highest BCUT2D eigenvalue weighted by Gasteiger charge is 2.10. The summed E-state index contributed by atoms with van der Waals surface area (Å²) in [7, 11) is 0. The van der Waals surface area contributed by atoms with E-state index in [1.165, 1.54) is 22.7 Å². The van der Waals surface area contributed by atoms with Gasteiger partial charge >= 0.3 is 0 Å². The minimum Gasteiger partial charge on any atom is -0.351 e. The summed E-state index contributed by atoms with van der Waals surface area (Å²) in [5.41, 5.74) is 2.62. The molecule has 23 heavy (non-hydrogen) atoms. The number of amides is 2. The molecule has 0 atom stereocenters. The van der Waals surface area contributed by atoms with Gasteiger partial charge in [0.1, 0.15) is 0 Å². The van der Waals surface area contributed by atoms with Gasteiger partial charge in [-0.05, 0) is 30.0 Å². The Balaban J connectivity index is 1.52. The molecule has 3 aromatic rings. The lowest BCUT2D eigenvalue weighted by atomic mass is 10.2. The third-order valence-corrected chi connectivity index (χ3v) is 4.91. The van der Waals surface area contributed by atoms with E-state index in [1.54, 1.807) is 11.4 Å². The molecule has 2 amide bonds. The van der Waals surface area contributed by atoms with Gasteiger partial charge in [0.15, 0.2) is 5.13 Å². The second kappa shape index (κ2) is 6.89. The number of benzene rings is 1. The van der Waals surface area contributed by atoms with Gasteiger partial charge in [0.05, 0.1) is 10.2 Å². The number of hydrogen-bond acceptors (Lipinski definition) is 5. The van der Waals surface area contributed by atoms with Crippen molar-refractivity contribution >= 4 is 49.8 Å². The largest absolute Gasteiger partial charge is 0.351 e. The fraction of sp³-hybridized carbons (Fsp3) is 0.188. The number of thiophene rings is 1. The maximum absolute atomic E-state index is 11.9. The predicted octanol–water partition coefficient (Wildman–Crippen LogP) is 3.42. The number of thiazole rings is 1. The first-order valence-electron chi connectivity index (χ1n) is 7.10. The van der Waals surface area contributed by atoms with Crippen LogP contribution < -0.4 is 10.6 Å². The molecule has 0 saturated carbocycles. The maximum atomic E-state index is 11.9. The lowest BCUT2D eigenvalue weighted by Gasteiger charge is -2.03. The van der Waals surface area contributed by atoms with Crippen LogP contribution in [0.1, 0.15) is 22.3 Å². The number of nitrogens with zero attached hydrogens (tertiary/aromatic N) is 1. The van der Waals surface area contributed by atoms with Gasteiger partial charge in [0.25, 0.3) is 5.91 Å². The Kier molecular flexibility index (Phi) is 4.68. The molecule has 0 fully saturated rings. The minimum atomic E-state index is -0.160.